The average molecular weight is 458 g/mol. The minimum absolute atomic E-state index is 0. The van der Waals surface area contributed by atoms with Crippen molar-refractivity contribution in [1.29, 1.82) is 0 Å². The number of hydrogen-bond acceptors (Lipinski definition) is 14. The summed E-state index contributed by atoms with van der Waals surface area (Å²) in [5.41, 5.74) is 0. The van der Waals surface area contributed by atoms with E-state index in [4.69, 9.17) is 19.3 Å². The van der Waals surface area contributed by atoms with Crippen LogP contribution in [-0.4, -0.2) is 117 Å². The molecule has 11 atom stereocenters. The Bertz CT molecular complexity index is 538. The van der Waals surface area contributed by atoms with E-state index in [9.17, 15) is 40.1 Å². The van der Waals surface area contributed by atoms with Gasteiger partial charge in [-0.05, 0) is 0 Å². The van der Waals surface area contributed by atoms with Crippen molar-refractivity contribution in [1.82, 2.24) is 0 Å². The van der Waals surface area contributed by atoms with Gasteiger partial charge in [-0.25, -0.2) is 0 Å². The van der Waals surface area contributed by atoms with Gasteiger partial charge in [0, 0.05) is 7.11 Å². The van der Waals surface area contributed by atoms with Crippen molar-refractivity contribution >= 4 is 7.82 Å². The van der Waals surface area contributed by atoms with Crippen molar-refractivity contribution in [2.45, 2.75) is 61.4 Å². The molecule has 2 fully saturated rings. The van der Waals surface area contributed by atoms with Crippen LogP contribution >= 0.6 is 7.82 Å². The predicted molar refractivity (Wildman–Crippen MR) is 82.1 cm³/mol. The molecule has 0 bridgehead atoms. The fourth-order valence-corrected chi connectivity index (χ4v) is 3.85. The van der Waals surface area contributed by atoms with Gasteiger partial charge in [0.1, 0.15) is 48.8 Å². The molecule has 0 aromatic rings. The first-order valence-corrected chi connectivity index (χ1v) is 9.66. The molecule has 16 heteroatoms. The largest absolute Gasteiger partial charge is 1.00 e. The maximum absolute atomic E-state index is 12.2. The summed E-state index contributed by atoms with van der Waals surface area (Å²) in [6, 6.07) is 0. The summed E-state index contributed by atoms with van der Waals surface area (Å²) in [6.45, 7) is -1.57. The molecule has 14 nitrogen and oxygen atoms in total. The molecule has 0 aliphatic carbocycles. The third kappa shape index (κ3) is 6.37. The van der Waals surface area contributed by atoms with Crippen LogP contribution in [0.25, 0.3) is 0 Å². The molecule has 1 unspecified atom stereocenters. The summed E-state index contributed by atoms with van der Waals surface area (Å²) in [5.74, 6) is 0. The van der Waals surface area contributed by atoms with E-state index in [2.05, 4.69) is 9.05 Å². The van der Waals surface area contributed by atoms with E-state index in [1.165, 1.54) is 0 Å². The van der Waals surface area contributed by atoms with Crippen molar-refractivity contribution in [3.05, 3.63) is 0 Å². The molecule has 0 spiro atoms. The van der Waals surface area contributed by atoms with Crippen LogP contribution in [0.15, 0.2) is 0 Å². The van der Waals surface area contributed by atoms with Crippen molar-refractivity contribution in [3.8, 4) is 0 Å². The van der Waals surface area contributed by atoms with E-state index in [1.807, 2.05) is 0 Å². The Kier molecular flexibility index (Phi) is 11.0. The SMILES string of the molecule is CO[C@H]1O[C@H](CO)[C@@H](O)[C@H](OP(=O)([O-])O[C@H]2O[C@H](CO)[C@@H](O)[C@H](O)[C@@H]2O)[C@@H]1O.[Na+]. The topological polar surface area (TPSA) is 228 Å². The molecule has 2 aliphatic rings. The molecule has 7 N–H and O–H groups in total. The molecule has 2 saturated heterocycles. The van der Waals surface area contributed by atoms with Crippen molar-refractivity contribution in [3.63, 3.8) is 0 Å². The van der Waals surface area contributed by atoms with Crippen LogP contribution in [0.4, 0.5) is 0 Å². The molecule has 2 rings (SSSR count). The third-order valence-corrected chi connectivity index (χ3v) is 5.35. The quantitative estimate of drug-likeness (QED) is 0.139. The van der Waals surface area contributed by atoms with Crippen molar-refractivity contribution in [2.24, 2.45) is 0 Å². The number of phosphoric ester groups is 1. The van der Waals surface area contributed by atoms with Gasteiger partial charge in [-0.2, -0.15) is 0 Å². The van der Waals surface area contributed by atoms with Crippen LogP contribution in [0.1, 0.15) is 0 Å². The van der Waals surface area contributed by atoms with E-state index in [-0.39, 0.29) is 29.6 Å². The van der Waals surface area contributed by atoms with E-state index in [0.29, 0.717) is 0 Å². The third-order valence-electron chi connectivity index (χ3n) is 4.39. The average Bonchev–Trinajstić information content (AvgIpc) is 2.65. The molecular formula is C13H24NaO14P. The minimum atomic E-state index is -5.42. The molecule has 0 saturated carbocycles. The van der Waals surface area contributed by atoms with E-state index in [1.54, 1.807) is 0 Å². The molecular weight excluding hydrogens is 434 g/mol. The van der Waals surface area contributed by atoms with Gasteiger partial charge < -0.3 is 59.4 Å². The Morgan fingerprint density at radius 2 is 1.34 bits per heavy atom. The van der Waals surface area contributed by atoms with Gasteiger partial charge in [0.15, 0.2) is 12.6 Å². The van der Waals surface area contributed by atoms with Gasteiger partial charge in [0.05, 0.1) is 13.2 Å². The minimum Gasteiger partial charge on any atom is -0.756 e. The van der Waals surface area contributed by atoms with Crippen LogP contribution in [0, 0.1) is 0 Å². The zero-order chi connectivity index (χ0) is 21.2. The first-order valence-electron chi connectivity index (χ1n) is 8.20. The fourth-order valence-electron chi connectivity index (χ4n) is 2.83. The Labute approximate surface area is 187 Å². The number of aliphatic hydroxyl groups is 7. The monoisotopic (exact) mass is 458 g/mol. The predicted octanol–water partition coefficient (Wildman–Crippen LogP) is -8.25. The second-order valence-electron chi connectivity index (χ2n) is 6.26. The van der Waals surface area contributed by atoms with E-state index < -0.39 is 82.4 Å². The number of ether oxygens (including phenoxy) is 3. The fraction of sp³-hybridized carbons (Fsp3) is 1.00. The van der Waals surface area contributed by atoms with E-state index in [0.717, 1.165) is 7.11 Å². The standard InChI is InChI=1S/C13H25O14P.Na/c1-23-12-10(20)11(7(17)5(3-15)24-12)26-28(21,22)27-13-9(19)8(18)6(16)4(2-14)25-13;/h4-20H,2-3H2,1H3,(H,21,22);/q;+1/p-1/t4-,5-,6-,7-,8+,9+,10+,11+,12+,13-;/m1./s1. The van der Waals surface area contributed by atoms with Crippen LogP contribution in [-0.2, 0) is 27.8 Å². The van der Waals surface area contributed by atoms with Crippen molar-refractivity contribution < 1.29 is 98.0 Å². The van der Waals surface area contributed by atoms with E-state index >= 15 is 0 Å². The van der Waals surface area contributed by atoms with Gasteiger partial charge in [0.2, 0.25) is 0 Å². The summed E-state index contributed by atoms with van der Waals surface area (Å²) in [5, 5.41) is 67.6. The van der Waals surface area contributed by atoms with Gasteiger partial charge in [-0.1, -0.05) is 0 Å². The molecule has 0 aromatic heterocycles. The number of aliphatic hydroxyl groups excluding tert-OH is 7. The first kappa shape index (κ1) is 27.7. The first-order chi connectivity index (χ1) is 13.1. The van der Waals surface area contributed by atoms with Gasteiger partial charge in [0.25, 0.3) is 7.82 Å². The molecule has 0 aromatic carbocycles. The Morgan fingerprint density at radius 3 is 1.86 bits per heavy atom. The van der Waals surface area contributed by atoms with Crippen LogP contribution in [0.3, 0.4) is 0 Å². The number of hydrogen-bond donors (Lipinski definition) is 7. The number of methoxy groups -OCH3 is 1. The number of rotatable bonds is 7. The number of phosphoric acid groups is 1. The maximum atomic E-state index is 12.2. The van der Waals surface area contributed by atoms with Crippen LogP contribution in [0.5, 0.6) is 0 Å². The Balaban J connectivity index is 0.00000420. The molecule has 0 amide bonds. The molecule has 29 heavy (non-hydrogen) atoms. The smallest absolute Gasteiger partial charge is 0.756 e. The zero-order valence-corrected chi connectivity index (χ0v) is 18.5. The van der Waals surface area contributed by atoms with Crippen LogP contribution < -0.4 is 34.5 Å². The molecule has 0 radical (unpaired) electrons. The normalized spacial score (nSPS) is 45.3. The summed E-state index contributed by atoms with van der Waals surface area (Å²) in [6.07, 6.45) is -17.4. The molecule has 2 aliphatic heterocycles. The second kappa shape index (κ2) is 11.5. The molecule has 2 heterocycles. The summed E-state index contributed by atoms with van der Waals surface area (Å²) in [7, 11) is -4.30. The summed E-state index contributed by atoms with van der Waals surface area (Å²) >= 11 is 0. The maximum Gasteiger partial charge on any atom is 1.00 e. The summed E-state index contributed by atoms with van der Waals surface area (Å²) in [4.78, 5) is 12.2. The Morgan fingerprint density at radius 1 is 0.828 bits per heavy atom. The molecule has 166 valence electrons. The summed E-state index contributed by atoms with van der Waals surface area (Å²) < 4.78 is 36.1. The Hall–Kier alpha value is 0.710. The van der Waals surface area contributed by atoms with Gasteiger partial charge in [-0.3, -0.25) is 9.09 Å². The van der Waals surface area contributed by atoms with Gasteiger partial charge >= 0.3 is 29.6 Å². The van der Waals surface area contributed by atoms with Crippen molar-refractivity contribution in [2.75, 3.05) is 20.3 Å². The zero-order valence-electron chi connectivity index (χ0n) is 15.6. The second-order valence-corrected chi connectivity index (χ2v) is 7.58. The van der Waals surface area contributed by atoms with Crippen LogP contribution in [0.2, 0.25) is 0 Å². The van der Waals surface area contributed by atoms with Gasteiger partial charge in [-0.15, -0.1) is 0 Å².